The molecule has 26 heteroatoms. The van der Waals surface area contributed by atoms with Gasteiger partial charge in [-0.25, -0.2) is 4.79 Å². The molecule has 12 rings (SSSR count). The van der Waals surface area contributed by atoms with E-state index in [0.29, 0.717) is 86.4 Å². The summed E-state index contributed by atoms with van der Waals surface area (Å²) in [6, 6.07) is 26.5. The van der Waals surface area contributed by atoms with Gasteiger partial charge in [-0.15, -0.1) is 10.2 Å². The van der Waals surface area contributed by atoms with Crippen molar-refractivity contribution >= 4 is 51.6 Å². The average Bonchev–Trinajstić information content (AvgIpc) is 1.99. The number of aromatic nitrogens is 10. The van der Waals surface area contributed by atoms with E-state index in [1.807, 2.05) is 100 Å². The molecule has 2 fully saturated rings. The van der Waals surface area contributed by atoms with Gasteiger partial charge >= 0.3 is 6.09 Å². The first kappa shape index (κ1) is 59.5. The van der Waals surface area contributed by atoms with Crippen molar-refractivity contribution in [3.05, 3.63) is 139 Å². The minimum absolute atomic E-state index is 0.0162. The van der Waals surface area contributed by atoms with E-state index in [9.17, 15) is 24.0 Å². The molecule has 0 saturated carbocycles. The summed E-state index contributed by atoms with van der Waals surface area (Å²) in [5.74, 6) is 2.17. The second-order valence-corrected chi connectivity index (χ2v) is 23.1. The Morgan fingerprint density at radius 3 is 1.55 bits per heavy atom. The lowest BCUT2D eigenvalue weighted by Gasteiger charge is -2.39. The number of amides is 3. The largest absolute Gasteiger partial charge is 0.486 e. The Labute approximate surface area is 500 Å². The number of anilines is 2. The molecule has 0 radical (unpaired) electrons. The molecule has 0 aliphatic carbocycles. The fourth-order valence-corrected chi connectivity index (χ4v) is 11.4. The zero-order valence-electron chi connectivity index (χ0n) is 49.5. The Balaban J connectivity index is 0.000000182. The number of carbonyl (C=O) groups is 3. The molecular weight excluding hydrogens is 1120 g/mol. The van der Waals surface area contributed by atoms with E-state index >= 15 is 0 Å². The van der Waals surface area contributed by atoms with Gasteiger partial charge in [-0.2, -0.15) is 10.4 Å². The molecule has 0 atom stereocenters. The molecule has 3 amide bonds. The monoisotopic (exact) mass is 1190 g/mol. The van der Waals surface area contributed by atoms with E-state index < -0.39 is 17.4 Å². The summed E-state index contributed by atoms with van der Waals surface area (Å²) >= 11 is 0. The third-order valence-corrected chi connectivity index (χ3v) is 15.8. The minimum Gasteiger partial charge on any atom is -0.486 e. The van der Waals surface area contributed by atoms with Crippen LogP contribution in [0, 0.1) is 13.8 Å². The van der Waals surface area contributed by atoms with Crippen LogP contribution in [0.15, 0.2) is 94.5 Å². The molecule has 87 heavy (non-hydrogen) atoms. The van der Waals surface area contributed by atoms with Crippen LogP contribution in [-0.4, -0.2) is 166 Å². The number of nitrogens with one attached hydrogen (secondary N) is 5. The standard InChI is InChI=1S/C33H40N8O6.C28H32N8O4/c1-21-5-7-24-25(30(43)34-31-35-37-38-36-31)19-29(42)40(26(24)17-21)14-13-39-11-9-23(10-12-39)41(32(44)47-33(2,3)4)20-22-6-8-27-28(18-22)46-16-15-45-27;1-18-2-4-21-22(27(38)30-28-31-33-34-32-28)16-26(37)36(23(21)14-18)11-10-35-8-6-20(7-9-35)29-17-19-3-5-24-25(15-19)40-13-12-39-24/h5-8,17-19,23H,9-16,20H2,1-4H3,(H2,34,35,36,37,38,43);2-5,14-16,20,29H,6-13,17H2,1H3,(H2,30,31,32,33,34,38). The van der Waals surface area contributed by atoms with Crippen molar-refractivity contribution < 1.29 is 38.1 Å². The SMILES string of the molecule is Cc1ccc2c(C(=O)Nc3nn[nH]n3)cc(=O)n(CCN3CCC(N(Cc4ccc5c(c4)OCCO5)C(=O)OC(C)(C)C)CC3)c2c1.Cc1ccc2c(C(=O)Nc3nn[nH]n3)cc(=O)n(CCN3CCC(NCc4ccc5c(c4)OCCO5)CC3)c2c1. The van der Waals surface area contributed by atoms with E-state index in [0.717, 1.165) is 98.7 Å². The predicted octanol–water partition coefficient (Wildman–Crippen LogP) is 5.85. The molecule has 0 unspecified atom stereocenters. The lowest BCUT2D eigenvalue weighted by molar-refractivity contribution is 0.00560. The maximum atomic E-state index is 13.5. The summed E-state index contributed by atoms with van der Waals surface area (Å²) in [6.45, 7) is 18.7. The van der Waals surface area contributed by atoms with E-state index in [-0.39, 0.29) is 46.3 Å². The van der Waals surface area contributed by atoms with Gasteiger partial charge in [-0.1, -0.05) is 46.6 Å². The number of hydrogen-bond acceptors (Lipinski definition) is 19. The zero-order chi connectivity index (χ0) is 60.6. The van der Waals surface area contributed by atoms with Crippen molar-refractivity contribution in [3.8, 4) is 23.0 Å². The second-order valence-electron chi connectivity index (χ2n) is 23.1. The summed E-state index contributed by atoms with van der Waals surface area (Å²) in [5.41, 5.74) is 4.95. The molecule has 4 aromatic carbocycles. The highest BCUT2D eigenvalue weighted by molar-refractivity contribution is 6.12. The number of nitrogens with zero attached hydrogens (tertiary/aromatic N) is 11. The van der Waals surface area contributed by atoms with Gasteiger partial charge in [0, 0.05) is 87.3 Å². The molecular formula is C61H72N16O10. The van der Waals surface area contributed by atoms with E-state index in [1.54, 1.807) is 9.13 Å². The fourth-order valence-electron chi connectivity index (χ4n) is 11.4. The number of likely N-dealkylation sites (tertiary alicyclic amines) is 2. The molecule has 4 aliphatic rings. The first-order valence-electron chi connectivity index (χ1n) is 29.4. The molecule has 2 saturated heterocycles. The van der Waals surface area contributed by atoms with Gasteiger partial charge in [0.15, 0.2) is 23.0 Å². The molecule has 456 valence electrons. The van der Waals surface area contributed by atoms with E-state index in [1.165, 1.54) is 17.7 Å². The number of fused-ring (bicyclic) bond motifs is 4. The van der Waals surface area contributed by atoms with Crippen LogP contribution in [0.1, 0.15) is 89.4 Å². The van der Waals surface area contributed by atoms with Crippen LogP contribution in [-0.2, 0) is 30.9 Å². The summed E-state index contributed by atoms with van der Waals surface area (Å²) < 4.78 is 32.1. The predicted molar refractivity (Wildman–Crippen MR) is 323 cm³/mol. The van der Waals surface area contributed by atoms with Gasteiger partial charge in [0.2, 0.25) is 0 Å². The second kappa shape index (κ2) is 26.6. The maximum Gasteiger partial charge on any atom is 0.410 e. The number of hydrogen-bond donors (Lipinski definition) is 5. The molecule has 0 spiro atoms. The molecule has 4 aliphatic heterocycles. The topological polar surface area (TPSA) is 296 Å². The van der Waals surface area contributed by atoms with Crippen LogP contribution in [0.2, 0.25) is 0 Å². The lowest BCUT2D eigenvalue weighted by Crippen LogP contribution is -2.49. The Kier molecular flexibility index (Phi) is 18.1. The third-order valence-electron chi connectivity index (χ3n) is 15.8. The van der Waals surface area contributed by atoms with Gasteiger partial charge in [-0.05, 0) is 142 Å². The number of piperidine rings is 2. The van der Waals surface area contributed by atoms with Crippen molar-refractivity contribution in [2.24, 2.45) is 0 Å². The number of benzene rings is 4. The van der Waals surface area contributed by atoms with Gasteiger partial charge in [0.05, 0.1) is 22.2 Å². The fraction of sp³-hybridized carbons (Fsp3) is 0.426. The summed E-state index contributed by atoms with van der Waals surface area (Å²) in [5, 5.41) is 36.8. The van der Waals surface area contributed by atoms with Crippen molar-refractivity contribution in [1.82, 2.24) is 70.4 Å². The molecule has 8 heterocycles. The van der Waals surface area contributed by atoms with E-state index in [2.05, 4.69) is 79.1 Å². The van der Waals surface area contributed by atoms with Gasteiger partial charge in [0.25, 0.3) is 34.8 Å². The van der Waals surface area contributed by atoms with Crippen molar-refractivity contribution in [1.29, 1.82) is 0 Å². The number of tetrazole rings is 2. The van der Waals surface area contributed by atoms with Gasteiger partial charge in [0.1, 0.15) is 32.0 Å². The quantitative estimate of drug-likeness (QED) is 0.0758. The Hall–Kier alpha value is -9.27. The Morgan fingerprint density at radius 2 is 1.07 bits per heavy atom. The van der Waals surface area contributed by atoms with Crippen molar-refractivity contribution in [3.63, 3.8) is 0 Å². The minimum atomic E-state index is -0.625. The lowest BCUT2D eigenvalue weighted by atomic mass is 10.0. The molecule has 0 bridgehead atoms. The van der Waals surface area contributed by atoms with Crippen LogP contribution in [0.4, 0.5) is 16.7 Å². The molecule has 26 nitrogen and oxygen atoms in total. The van der Waals surface area contributed by atoms with Crippen LogP contribution < -0.4 is 46.0 Å². The highest BCUT2D eigenvalue weighted by atomic mass is 16.6. The summed E-state index contributed by atoms with van der Waals surface area (Å²) in [4.78, 5) is 72.5. The van der Waals surface area contributed by atoms with Crippen molar-refractivity contribution in [2.75, 3.05) is 76.3 Å². The van der Waals surface area contributed by atoms with Crippen LogP contribution in [0.3, 0.4) is 0 Å². The molecule has 8 aromatic rings. The van der Waals surface area contributed by atoms with Gasteiger partial charge in [-0.3, -0.25) is 29.8 Å². The number of rotatable bonds is 16. The smallest absolute Gasteiger partial charge is 0.410 e. The normalized spacial score (nSPS) is 15.6. The Morgan fingerprint density at radius 1 is 0.598 bits per heavy atom. The number of aryl methyl sites for hydroxylation is 2. The third kappa shape index (κ3) is 14.7. The highest BCUT2D eigenvalue weighted by Gasteiger charge is 2.32. The highest BCUT2D eigenvalue weighted by Crippen LogP contribution is 2.34. The molecule has 5 N–H and O–H groups in total. The van der Waals surface area contributed by atoms with Crippen LogP contribution in [0.25, 0.3) is 21.8 Å². The van der Waals surface area contributed by atoms with Crippen LogP contribution >= 0.6 is 0 Å². The van der Waals surface area contributed by atoms with Crippen molar-refractivity contribution in [2.45, 2.75) is 104 Å². The number of ether oxygens (including phenoxy) is 5. The maximum absolute atomic E-state index is 13.5. The summed E-state index contributed by atoms with van der Waals surface area (Å²) in [6.07, 6.45) is 3.24. The van der Waals surface area contributed by atoms with Crippen LogP contribution in [0.5, 0.6) is 23.0 Å². The number of H-pyrrole nitrogens is 2. The number of aromatic amines is 2. The zero-order valence-corrected chi connectivity index (χ0v) is 49.5. The molecule has 4 aromatic heterocycles. The van der Waals surface area contributed by atoms with E-state index in [4.69, 9.17) is 23.7 Å². The van der Waals surface area contributed by atoms with Gasteiger partial charge < -0.3 is 52.8 Å². The number of carbonyl (C=O) groups excluding carboxylic acids is 3. The summed E-state index contributed by atoms with van der Waals surface area (Å²) in [7, 11) is 0. The average molecular weight is 1190 g/mol. The first-order valence-corrected chi connectivity index (χ1v) is 29.4. The first-order chi connectivity index (χ1) is 42.1. The Bertz CT molecular complexity index is 3870. The number of pyridine rings is 2.